The minimum atomic E-state index is -0.936. The van der Waals surface area contributed by atoms with Gasteiger partial charge in [-0.05, 0) is 0 Å². The maximum Gasteiger partial charge on any atom is 0.333 e. The molecule has 1 heterocycles. The molecular formula is C6H9NO4S. The summed E-state index contributed by atoms with van der Waals surface area (Å²) in [6.45, 7) is 0. The third kappa shape index (κ3) is 1.89. The molecule has 0 spiro atoms. The van der Waals surface area contributed by atoms with Gasteiger partial charge < -0.3 is 9.84 Å². The molecule has 0 saturated carbocycles. The highest BCUT2D eigenvalue weighted by molar-refractivity contribution is 8.00. The van der Waals surface area contributed by atoms with E-state index in [0.29, 0.717) is 5.75 Å². The molecule has 1 saturated heterocycles. The van der Waals surface area contributed by atoms with E-state index in [1.54, 1.807) is 0 Å². The standard InChI is InChI=1S/C6H9NO4S/c1-11-6(10)4-7-3(2-12-4)5(8)9/h3-4,7H,2H2,1H3,(H,8,9)/t3-,4+/m0/s1. The van der Waals surface area contributed by atoms with Gasteiger partial charge in [-0.3, -0.25) is 10.1 Å². The Morgan fingerprint density at radius 1 is 1.67 bits per heavy atom. The van der Waals surface area contributed by atoms with Crippen LogP contribution in [0, 0.1) is 0 Å². The molecule has 12 heavy (non-hydrogen) atoms. The molecule has 0 amide bonds. The van der Waals surface area contributed by atoms with Crippen molar-refractivity contribution in [3.63, 3.8) is 0 Å². The van der Waals surface area contributed by atoms with Crippen LogP contribution in [0.1, 0.15) is 0 Å². The van der Waals surface area contributed by atoms with Crippen LogP contribution in [0.4, 0.5) is 0 Å². The Labute approximate surface area is 73.5 Å². The van der Waals surface area contributed by atoms with Crippen molar-refractivity contribution in [2.24, 2.45) is 0 Å². The monoisotopic (exact) mass is 191 g/mol. The van der Waals surface area contributed by atoms with Gasteiger partial charge in [0.1, 0.15) is 6.04 Å². The number of carbonyl (C=O) groups is 2. The number of methoxy groups -OCH3 is 1. The second kappa shape index (κ2) is 3.77. The number of thioether (sulfide) groups is 1. The Morgan fingerprint density at radius 2 is 2.33 bits per heavy atom. The Bertz CT molecular complexity index is 208. The Hall–Kier alpha value is -0.750. The summed E-state index contributed by atoms with van der Waals surface area (Å²) in [6, 6.07) is -0.640. The van der Waals surface area contributed by atoms with Crippen LogP contribution in [0.25, 0.3) is 0 Å². The first kappa shape index (κ1) is 9.34. The van der Waals surface area contributed by atoms with Gasteiger partial charge in [0.25, 0.3) is 0 Å². The quantitative estimate of drug-likeness (QED) is 0.561. The van der Waals surface area contributed by atoms with Crippen LogP contribution in [0.3, 0.4) is 0 Å². The smallest absolute Gasteiger partial charge is 0.333 e. The Morgan fingerprint density at radius 3 is 2.75 bits per heavy atom. The van der Waals surface area contributed by atoms with Crippen LogP contribution < -0.4 is 5.32 Å². The maximum absolute atomic E-state index is 10.9. The molecule has 0 aromatic heterocycles. The number of hydrogen-bond donors (Lipinski definition) is 2. The van der Waals surface area contributed by atoms with Crippen molar-refractivity contribution in [2.45, 2.75) is 11.4 Å². The first-order chi connectivity index (χ1) is 5.65. The summed E-state index contributed by atoms with van der Waals surface area (Å²) in [6.07, 6.45) is 0. The second-order valence-electron chi connectivity index (χ2n) is 2.29. The van der Waals surface area contributed by atoms with E-state index in [9.17, 15) is 9.59 Å². The molecule has 5 nitrogen and oxygen atoms in total. The normalized spacial score (nSPS) is 28.4. The lowest BCUT2D eigenvalue weighted by atomic mass is 10.3. The highest BCUT2D eigenvalue weighted by atomic mass is 32.2. The number of carbonyl (C=O) groups excluding carboxylic acids is 1. The summed E-state index contributed by atoms with van der Waals surface area (Å²) < 4.78 is 4.45. The van der Waals surface area contributed by atoms with E-state index in [1.807, 2.05) is 0 Å². The number of aliphatic carboxylic acids is 1. The average Bonchev–Trinajstić information content (AvgIpc) is 2.51. The summed E-state index contributed by atoms with van der Waals surface area (Å²) in [5.74, 6) is -0.965. The Kier molecular flexibility index (Phi) is 2.93. The minimum Gasteiger partial charge on any atom is -0.480 e. The summed E-state index contributed by atoms with van der Waals surface area (Å²) in [7, 11) is 1.28. The molecule has 2 N–H and O–H groups in total. The van der Waals surface area contributed by atoms with Gasteiger partial charge in [0, 0.05) is 5.75 Å². The van der Waals surface area contributed by atoms with Crippen LogP contribution in [0.15, 0.2) is 0 Å². The molecular weight excluding hydrogens is 182 g/mol. The van der Waals surface area contributed by atoms with Crippen molar-refractivity contribution in [2.75, 3.05) is 12.9 Å². The van der Waals surface area contributed by atoms with E-state index in [0.717, 1.165) is 0 Å². The number of ether oxygens (including phenoxy) is 1. The molecule has 0 unspecified atom stereocenters. The van der Waals surface area contributed by atoms with Crippen LogP contribution in [-0.2, 0) is 14.3 Å². The number of carboxylic acid groups (broad SMARTS) is 1. The van der Waals surface area contributed by atoms with Crippen LogP contribution in [0.2, 0.25) is 0 Å². The fraction of sp³-hybridized carbons (Fsp3) is 0.667. The van der Waals surface area contributed by atoms with Gasteiger partial charge in [-0.1, -0.05) is 0 Å². The topological polar surface area (TPSA) is 75.6 Å². The summed E-state index contributed by atoms with van der Waals surface area (Å²) in [4.78, 5) is 21.3. The minimum absolute atomic E-state index is 0.398. The molecule has 1 rings (SSSR count). The number of rotatable bonds is 2. The molecule has 0 bridgehead atoms. The van der Waals surface area contributed by atoms with E-state index < -0.39 is 23.4 Å². The van der Waals surface area contributed by atoms with Gasteiger partial charge >= 0.3 is 11.9 Å². The summed E-state index contributed by atoms with van der Waals surface area (Å²) in [5.41, 5.74) is 0. The first-order valence-electron chi connectivity index (χ1n) is 3.33. The molecule has 68 valence electrons. The maximum atomic E-state index is 10.9. The number of hydrogen-bond acceptors (Lipinski definition) is 5. The van der Waals surface area contributed by atoms with Gasteiger partial charge in [0.2, 0.25) is 0 Å². The molecule has 6 heteroatoms. The lowest BCUT2D eigenvalue weighted by Crippen LogP contribution is -2.40. The van der Waals surface area contributed by atoms with Crippen molar-refractivity contribution < 1.29 is 19.4 Å². The predicted molar refractivity (Wildman–Crippen MR) is 42.8 cm³/mol. The Balaban J connectivity index is 2.45. The summed E-state index contributed by atoms with van der Waals surface area (Å²) in [5, 5.41) is 10.7. The lowest BCUT2D eigenvalue weighted by Gasteiger charge is -2.07. The highest BCUT2D eigenvalue weighted by Crippen LogP contribution is 2.19. The van der Waals surface area contributed by atoms with Gasteiger partial charge in [-0.15, -0.1) is 11.8 Å². The van der Waals surface area contributed by atoms with Crippen LogP contribution >= 0.6 is 11.8 Å². The van der Waals surface area contributed by atoms with Gasteiger partial charge in [0.15, 0.2) is 5.37 Å². The molecule has 2 atom stereocenters. The molecule has 1 aliphatic heterocycles. The number of carboxylic acids is 1. The van der Waals surface area contributed by atoms with Gasteiger partial charge in [0.05, 0.1) is 7.11 Å². The van der Waals surface area contributed by atoms with Crippen LogP contribution in [-0.4, -0.2) is 41.3 Å². The first-order valence-corrected chi connectivity index (χ1v) is 4.38. The fourth-order valence-corrected chi connectivity index (χ4v) is 1.97. The van der Waals surface area contributed by atoms with Crippen molar-refractivity contribution in [1.29, 1.82) is 0 Å². The summed E-state index contributed by atoms with van der Waals surface area (Å²) >= 11 is 1.24. The third-order valence-corrected chi connectivity index (χ3v) is 2.68. The molecule has 0 radical (unpaired) electrons. The zero-order chi connectivity index (χ0) is 9.14. The van der Waals surface area contributed by atoms with Gasteiger partial charge in [-0.25, -0.2) is 4.79 Å². The van der Waals surface area contributed by atoms with E-state index in [2.05, 4.69) is 10.1 Å². The second-order valence-corrected chi connectivity index (χ2v) is 3.43. The third-order valence-electron chi connectivity index (χ3n) is 1.50. The zero-order valence-electron chi connectivity index (χ0n) is 6.44. The lowest BCUT2D eigenvalue weighted by molar-refractivity contribution is -0.141. The SMILES string of the molecule is COC(=O)[C@@H]1N[C@H](C(=O)O)CS1. The average molecular weight is 191 g/mol. The van der Waals surface area contributed by atoms with E-state index in [1.165, 1.54) is 18.9 Å². The van der Waals surface area contributed by atoms with E-state index in [-0.39, 0.29) is 0 Å². The number of esters is 1. The van der Waals surface area contributed by atoms with E-state index in [4.69, 9.17) is 5.11 Å². The molecule has 0 aliphatic carbocycles. The molecule has 0 aromatic rings. The van der Waals surface area contributed by atoms with Crippen molar-refractivity contribution in [1.82, 2.24) is 5.32 Å². The highest BCUT2D eigenvalue weighted by Gasteiger charge is 2.34. The number of nitrogens with one attached hydrogen (secondary N) is 1. The molecule has 0 aromatic carbocycles. The van der Waals surface area contributed by atoms with Gasteiger partial charge in [-0.2, -0.15) is 0 Å². The zero-order valence-corrected chi connectivity index (χ0v) is 7.26. The molecule has 1 aliphatic rings. The van der Waals surface area contributed by atoms with Crippen molar-refractivity contribution in [3.8, 4) is 0 Å². The predicted octanol–water partition coefficient (Wildman–Crippen LogP) is -0.725. The fourth-order valence-electron chi connectivity index (χ4n) is 0.857. The van der Waals surface area contributed by atoms with E-state index >= 15 is 0 Å². The van der Waals surface area contributed by atoms with Crippen LogP contribution in [0.5, 0.6) is 0 Å². The largest absolute Gasteiger partial charge is 0.480 e. The molecule has 1 fully saturated rings. The van der Waals surface area contributed by atoms with Crippen molar-refractivity contribution in [3.05, 3.63) is 0 Å². The van der Waals surface area contributed by atoms with Crippen molar-refractivity contribution >= 4 is 23.7 Å².